The molecular formula is C21H20N4O. The van der Waals surface area contributed by atoms with E-state index in [1.165, 1.54) is 5.56 Å². The lowest BCUT2D eigenvalue weighted by Crippen LogP contribution is -2.24. The van der Waals surface area contributed by atoms with Crippen LogP contribution in [0.2, 0.25) is 0 Å². The number of amides is 1. The lowest BCUT2D eigenvalue weighted by Gasteiger charge is -2.09. The fourth-order valence-electron chi connectivity index (χ4n) is 3.06. The van der Waals surface area contributed by atoms with Gasteiger partial charge in [-0.2, -0.15) is 0 Å². The average molecular weight is 344 g/mol. The Balaban J connectivity index is 1.38. The highest BCUT2D eigenvalue weighted by molar-refractivity contribution is 5.97. The zero-order valence-corrected chi connectivity index (χ0v) is 14.4. The predicted octanol–water partition coefficient (Wildman–Crippen LogP) is 3.54. The van der Waals surface area contributed by atoms with E-state index in [-0.39, 0.29) is 5.91 Å². The van der Waals surface area contributed by atoms with Crippen molar-refractivity contribution in [3.63, 3.8) is 0 Å². The van der Waals surface area contributed by atoms with Crippen LogP contribution >= 0.6 is 0 Å². The first-order valence-corrected chi connectivity index (χ1v) is 8.69. The molecule has 0 radical (unpaired) electrons. The highest BCUT2D eigenvalue weighted by Crippen LogP contribution is 2.14. The molecule has 0 atom stereocenters. The zero-order chi connectivity index (χ0) is 17.8. The van der Waals surface area contributed by atoms with Crippen molar-refractivity contribution in [2.75, 3.05) is 0 Å². The summed E-state index contributed by atoms with van der Waals surface area (Å²) in [7, 11) is 0. The smallest absolute Gasteiger partial charge is 0.251 e. The van der Waals surface area contributed by atoms with E-state index in [0.717, 1.165) is 29.7 Å². The van der Waals surface area contributed by atoms with Gasteiger partial charge in [0.15, 0.2) is 0 Å². The van der Waals surface area contributed by atoms with E-state index in [0.29, 0.717) is 12.1 Å². The van der Waals surface area contributed by atoms with Crippen molar-refractivity contribution in [3.05, 3.63) is 90.1 Å². The number of rotatable bonds is 6. The Morgan fingerprint density at radius 3 is 2.88 bits per heavy atom. The van der Waals surface area contributed by atoms with Gasteiger partial charge in [0.2, 0.25) is 0 Å². The molecule has 5 nitrogen and oxygen atoms in total. The van der Waals surface area contributed by atoms with Crippen LogP contribution in [0, 0.1) is 0 Å². The molecule has 0 aliphatic heterocycles. The Bertz CT molecular complexity index is 1020. The van der Waals surface area contributed by atoms with Crippen molar-refractivity contribution in [3.8, 4) is 0 Å². The van der Waals surface area contributed by atoms with Gasteiger partial charge in [-0.3, -0.25) is 4.79 Å². The van der Waals surface area contributed by atoms with Crippen molar-refractivity contribution < 1.29 is 4.79 Å². The molecule has 26 heavy (non-hydrogen) atoms. The van der Waals surface area contributed by atoms with Gasteiger partial charge in [0.1, 0.15) is 5.82 Å². The van der Waals surface area contributed by atoms with E-state index in [1.807, 2.05) is 54.9 Å². The van der Waals surface area contributed by atoms with Crippen LogP contribution in [0.4, 0.5) is 0 Å². The lowest BCUT2D eigenvalue weighted by molar-refractivity contribution is 0.0949. The summed E-state index contributed by atoms with van der Waals surface area (Å²) < 4.78 is 2.08. The maximum absolute atomic E-state index is 12.4. The average Bonchev–Trinajstić information content (AvgIpc) is 3.33. The fraction of sp³-hybridized carbons (Fsp3) is 0.143. The molecule has 0 aliphatic rings. The molecule has 130 valence electrons. The largest absolute Gasteiger partial charge is 0.361 e. The van der Waals surface area contributed by atoms with Gasteiger partial charge in [-0.1, -0.05) is 36.4 Å². The van der Waals surface area contributed by atoms with E-state index in [2.05, 4.69) is 32.0 Å². The molecule has 0 fully saturated rings. The first kappa shape index (κ1) is 16.1. The number of imidazole rings is 1. The quantitative estimate of drug-likeness (QED) is 0.562. The summed E-state index contributed by atoms with van der Waals surface area (Å²) >= 11 is 0. The van der Waals surface area contributed by atoms with Crippen molar-refractivity contribution in [2.45, 2.75) is 19.5 Å². The monoisotopic (exact) mass is 344 g/mol. The Labute approximate surface area is 151 Å². The second-order valence-corrected chi connectivity index (χ2v) is 6.23. The number of aromatic nitrogens is 3. The highest BCUT2D eigenvalue weighted by Gasteiger charge is 2.09. The third-order valence-electron chi connectivity index (χ3n) is 4.51. The van der Waals surface area contributed by atoms with Gasteiger partial charge in [-0.05, 0) is 35.6 Å². The number of aromatic amines is 1. The topological polar surface area (TPSA) is 62.7 Å². The van der Waals surface area contributed by atoms with E-state index in [1.54, 1.807) is 6.20 Å². The molecule has 0 unspecified atom stereocenters. The molecule has 0 bridgehead atoms. The summed E-state index contributed by atoms with van der Waals surface area (Å²) in [4.78, 5) is 19.9. The van der Waals surface area contributed by atoms with Gasteiger partial charge in [0.25, 0.3) is 5.91 Å². The number of carbonyl (C=O) groups is 1. The third-order valence-corrected chi connectivity index (χ3v) is 4.51. The Hall–Kier alpha value is -3.34. The number of aryl methyl sites for hydroxylation is 2. The molecule has 2 N–H and O–H groups in total. The maximum Gasteiger partial charge on any atom is 0.251 e. The number of fused-ring (bicyclic) bond motifs is 1. The SMILES string of the molecule is O=C(NCc1nccn1CCc1ccccc1)c1ccc2cc[nH]c2c1. The summed E-state index contributed by atoms with van der Waals surface area (Å²) in [5.41, 5.74) is 2.89. The van der Waals surface area contributed by atoms with Crippen LogP contribution in [-0.4, -0.2) is 20.4 Å². The van der Waals surface area contributed by atoms with Crippen LogP contribution in [0.3, 0.4) is 0 Å². The number of hydrogen-bond donors (Lipinski definition) is 2. The number of nitrogens with zero attached hydrogens (tertiary/aromatic N) is 2. The summed E-state index contributed by atoms with van der Waals surface area (Å²) in [5.74, 6) is 0.759. The summed E-state index contributed by atoms with van der Waals surface area (Å²) in [6, 6.07) is 18.0. The van der Waals surface area contributed by atoms with Crippen molar-refractivity contribution in [1.29, 1.82) is 0 Å². The number of carbonyl (C=O) groups excluding carboxylic acids is 1. The lowest BCUT2D eigenvalue weighted by atomic mass is 10.1. The van der Waals surface area contributed by atoms with Gasteiger partial charge in [-0.25, -0.2) is 4.98 Å². The Kier molecular flexibility index (Phi) is 4.51. The minimum Gasteiger partial charge on any atom is -0.361 e. The highest BCUT2D eigenvalue weighted by atomic mass is 16.1. The normalized spacial score (nSPS) is 10.9. The molecular weight excluding hydrogens is 324 g/mol. The van der Waals surface area contributed by atoms with Crippen molar-refractivity contribution >= 4 is 16.8 Å². The Morgan fingerprint density at radius 2 is 2.00 bits per heavy atom. The minimum atomic E-state index is -0.0980. The molecule has 2 heterocycles. The maximum atomic E-state index is 12.4. The van der Waals surface area contributed by atoms with Crippen LogP contribution in [0.25, 0.3) is 10.9 Å². The number of hydrogen-bond acceptors (Lipinski definition) is 2. The number of benzene rings is 2. The van der Waals surface area contributed by atoms with Crippen molar-refractivity contribution in [1.82, 2.24) is 19.9 Å². The molecule has 0 saturated carbocycles. The van der Waals surface area contributed by atoms with Crippen LogP contribution in [0.15, 0.2) is 73.2 Å². The van der Waals surface area contributed by atoms with Gasteiger partial charge in [-0.15, -0.1) is 0 Å². The zero-order valence-electron chi connectivity index (χ0n) is 14.4. The van der Waals surface area contributed by atoms with E-state index in [4.69, 9.17) is 0 Å². The molecule has 0 saturated heterocycles. The Morgan fingerprint density at radius 1 is 1.12 bits per heavy atom. The molecule has 4 rings (SSSR count). The number of nitrogens with one attached hydrogen (secondary N) is 2. The van der Waals surface area contributed by atoms with Gasteiger partial charge < -0.3 is 14.9 Å². The van der Waals surface area contributed by atoms with E-state index >= 15 is 0 Å². The first-order valence-electron chi connectivity index (χ1n) is 8.69. The van der Waals surface area contributed by atoms with Gasteiger partial charge in [0.05, 0.1) is 6.54 Å². The summed E-state index contributed by atoms with van der Waals surface area (Å²) in [6.07, 6.45) is 6.53. The van der Waals surface area contributed by atoms with Crippen molar-refractivity contribution in [2.24, 2.45) is 0 Å². The van der Waals surface area contributed by atoms with E-state index < -0.39 is 0 Å². The summed E-state index contributed by atoms with van der Waals surface area (Å²) in [5, 5.41) is 4.06. The van der Waals surface area contributed by atoms with E-state index in [9.17, 15) is 4.79 Å². The summed E-state index contributed by atoms with van der Waals surface area (Å²) in [6.45, 7) is 1.24. The standard InChI is InChI=1S/C21H20N4O/c26-21(18-7-6-17-8-10-22-19(17)14-18)24-15-20-23-11-13-25(20)12-9-16-4-2-1-3-5-16/h1-8,10-11,13-14,22H,9,12,15H2,(H,24,26). The molecule has 2 aromatic carbocycles. The molecule has 0 aliphatic carbocycles. The minimum absolute atomic E-state index is 0.0980. The fourth-order valence-corrected chi connectivity index (χ4v) is 3.06. The predicted molar refractivity (Wildman–Crippen MR) is 102 cm³/mol. The third kappa shape index (κ3) is 3.52. The van der Waals surface area contributed by atoms with Gasteiger partial charge in [0, 0.05) is 36.2 Å². The second kappa shape index (κ2) is 7.27. The van der Waals surface area contributed by atoms with Crippen LogP contribution in [0.5, 0.6) is 0 Å². The molecule has 5 heteroatoms. The molecule has 1 amide bonds. The van der Waals surface area contributed by atoms with Crippen LogP contribution in [0.1, 0.15) is 21.7 Å². The van der Waals surface area contributed by atoms with Crippen LogP contribution in [-0.2, 0) is 19.5 Å². The van der Waals surface area contributed by atoms with Gasteiger partial charge >= 0.3 is 0 Å². The molecule has 2 aromatic heterocycles. The number of H-pyrrole nitrogens is 1. The molecule has 0 spiro atoms. The molecule has 4 aromatic rings. The second-order valence-electron chi connectivity index (χ2n) is 6.23. The first-order chi connectivity index (χ1) is 12.8. The van der Waals surface area contributed by atoms with Crippen LogP contribution < -0.4 is 5.32 Å².